The average molecular weight is 694 g/mol. The Morgan fingerprint density at radius 1 is 0.426 bits per heavy atom. The molecule has 54 heavy (non-hydrogen) atoms. The number of rotatable bonds is 6. The van der Waals surface area contributed by atoms with Crippen LogP contribution in [0.2, 0.25) is 0 Å². The molecule has 3 aromatic heterocycles. The SMILES string of the molecule is c1ccc(-c2ccc(N(c3ccc4oc5ccc6nc(-c7ccccc7)oc6c5c4c3)c3ccc4c(c3)c3ccccc3n4-c3ccccc3)cc2)cc1. The van der Waals surface area contributed by atoms with E-state index in [1.807, 2.05) is 42.5 Å². The third-order valence-electron chi connectivity index (χ3n) is 10.4. The molecule has 0 bridgehead atoms. The first-order valence-corrected chi connectivity index (χ1v) is 18.1. The second-order valence-corrected chi connectivity index (χ2v) is 13.6. The van der Waals surface area contributed by atoms with E-state index < -0.39 is 0 Å². The Bertz CT molecular complexity index is 3140. The van der Waals surface area contributed by atoms with Crippen LogP contribution in [0.5, 0.6) is 0 Å². The molecule has 0 aliphatic heterocycles. The smallest absolute Gasteiger partial charge is 0.227 e. The van der Waals surface area contributed by atoms with Gasteiger partial charge in [0.15, 0.2) is 5.58 Å². The fraction of sp³-hybridized carbons (Fsp3) is 0. The van der Waals surface area contributed by atoms with Gasteiger partial charge in [-0.25, -0.2) is 4.98 Å². The number of fused-ring (bicyclic) bond motifs is 8. The monoisotopic (exact) mass is 693 g/mol. The van der Waals surface area contributed by atoms with Crippen molar-refractivity contribution in [3.63, 3.8) is 0 Å². The van der Waals surface area contributed by atoms with Crippen molar-refractivity contribution in [2.75, 3.05) is 4.90 Å². The number of benzene rings is 8. The zero-order valence-electron chi connectivity index (χ0n) is 29.1. The van der Waals surface area contributed by atoms with Crippen LogP contribution < -0.4 is 4.90 Å². The molecule has 11 aromatic rings. The number of hydrogen-bond donors (Lipinski definition) is 0. The molecular formula is C49H31N3O2. The van der Waals surface area contributed by atoms with Crippen LogP contribution >= 0.6 is 0 Å². The van der Waals surface area contributed by atoms with Crippen LogP contribution in [-0.2, 0) is 0 Å². The van der Waals surface area contributed by atoms with Crippen LogP contribution in [0.15, 0.2) is 197 Å². The molecule has 0 unspecified atom stereocenters. The van der Waals surface area contributed by atoms with Crippen LogP contribution in [0.1, 0.15) is 0 Å². The largest absolute Gasteiger partial charge is 0.456 e. The molecule has 254 valence electrons. The third-order valence-corrected chi connectivity index (χ3v) is 10.4. The van der Waals surface area contributed by atoms with Crippen molar-refractivity contribution >= 4 is 71.9 Å². The lowest BCUT2D eigenvalue weighted by Gasteiger charge is -2.26. The Labute approximate surface area is 310 Å². The van der Waals surface area contributed by atoms with Gasteiger partial charge in [-0.15, -0.1) is 0 Å². The number of hydrogen-bond acceptors (Lipinski definition) is 4. The Balaban J connectivity index is 1.13. The van der Waals surface area contributed by atoms with Gasteiger partial charge < -0.3 is 18.3 Å². The van der Waals surface area contributed by atoms with Crippen molar-refractivity contribution in [1.29, 1.82) is 0 Å². The average Bonchev–Trinajstić information content (AvgIpc) is 3.94. The van der Waals surface area contributed by atoms with Crippen LogP contribution in [0.25, 0.3) is 83.1 Å². The zero-order valence-corrected chi connectivity index (χ0v) is 29.1. The van der Waals surface area contributed by atoms with E-state index in [-0.39, 0.29) is 0 Å². The maximum Gasteiger partial charge on any atom is 0.227 e. The second-order valence-electron chi connectivity index (χ2n) is 13.6. The van der Waals surface area contributed by atoms with Gasteiger partial charge in [0.2, 0.25) is 5.89 Å². The van der Waals surface area contributed by atoms with E-state index in [0.717, 1.165) is 66.9 Å². The quantitative estimate of drug-likeness (QED) is 0.174. The van der Waals surface area contributed by atoms with Gasteiger partial charge in [-0.1, -0.05) is 97.1 Å². The number of nitrogens with zero attached hydrogens (tertiary/aromatic N) is 3. The molecule has 11 rings (SSSR count). The third kappa shape index (κ3) is 4.83. The maximum absolute atomic E-state index is 6.50. The fourth-order valence-corrected chi connectivity index (χ4v) is 7.91. The van der Waals surface area contributed by atoms with Gasteiger partial charge >= 0.3 is 0 Å². The van der Waals surface area contributed by atoms with Crippen molar-refractivity contribution in [2.24, 2.45) is 0 Å². The molecule has 0 atom stereocenters. The van der Waals surface area contributed by atoms with E-state index in [1.165, 1.54) is 27.4 Å². The molecule has 0 saturated heterocycles. The van der Waals surface area contributed by atoms with Crippen LogP contribution in [0.4, 0.5) is 17.1 Å². The molecule has 0 spiro atoms. The van der Waals surface area contributed by atoms with E-state index in [1.54, 1.807) is 0 Å². The van der Waals surface area contributed by atoms with Crippen molar-refractivity contribution in [3.8, 4) is 28.3 Å². The molecule has 0 saturated carbocycles. The Kier molecular flexibility index (Phi) is 6.79. The Morgan fingerprint density at radius 2 is 1.02 bits per heavy atom. The lowest BCUT2D eigenvalue weighted by Crippen LogP contribution is -2.09. The molecule has 3 heterocycles. The molecule has 0 fully saturated rings. The summed E-state index contributed by atoms with van der Waals surface area (Å²) in [5.41, 5.74) is 12.9. The van der Waals surface area contributed by atoms with Gasteiger partial charge in [-0.05, 0) is 102 Å². The summed E-state index contributed by atoms with van der Waals surface area (Å²) in [4.78, 5) is 7.19. The number of oxazole rings is 1. The maximum atomic E-state index is 6.50. The number of anilines is 3. The topological polar surface area (TPSA) is 47.3 Å². The molecule has 0 aliphatic rings. The highest BCUT2D eigenvalue weighted by Gasteiger charge is 2.21. The minimum Gasteiger partial charge on any atom is -0.456 e. The minimum atomic E-state index is 0.590. The fourth-order valence-electron chi connectivity index (χ4n) is 7.91. The van der Waals surface area contributed by atoms with Crippen LogP contribution in [-0.4, -0.2) is 9.55 Å². The predicted octanol–water partition coefficient (Wildman–Crippen LogP) is 13.6. The minimum absolute atomic E-state index is 0.590. The number of furan rings is 1. The zero-order chi connectivity index (χ0) is 35.6. The summed E-state index contributed by atoms with van der Waals surface area (Å²) in [5.74, 6) is 0.590. The molecule has 5 heteroatoms. The summed E-state index contributed by atoms with van der Waals surface area (Å²) in [5, 5.41) is 4.27. The summed E-state index contributed by atoms with van der Waals surface area (Å²) in [6.07, 6.45) is 0. The van der Waals surface area contributed by atoms with Gasteiger partial charge in [0.1, 0.15) is 16.7 Å². The summed E-state index contributed by atoms with van der Waals surface area (Å²) < 4.78 is 15.3. The standard InChI is InChI=1S/C49H31N3O2/c1-4-12-32(13-5-1)33-20-22-36(23-21-33)51(37-24-27-44-40(30-37)39-18-10-11-19-43(39)52(44)35-16-8-3-9-17-35)38-25-28-45-41(31-38)47-46(53-45)29-26-42-48(47)54-49(50-42)34-14-6-2-7-15-34/h1-31H. The van der Waals surface area contributed by atoms with E-state index in [0.29, 0.717) is 5.89 Å². The summed E-state index contributed by atoms with van der Waals surface area (Å²) in [6.45, 7) is 0. The number of aromatic nitrogens is 2. The Hall–Kier alpha value is -7.37. The van der Waals surface area contributed by atoms with E-state index in [4.69, 9.17) is 13.8 Å². The number of para-hydroxylation sites is 2. The first kappa shape index (κ1) is 30.3. The van der Waals surface area contributed by atoms with Gasteiger partial charge in [0, 0.05) is 44.5 Å². The van der Waals surface area contributed by atoms with Gasteiger partial charge in [0.05, 0.1) is 16.4 Å². The molecule has 5 nitrogen and oxygen atoms in total. The molecule has 8 aromatic carbocycles. The molecule has 0 N–H and O–H groups in total. The van der Waals surface area contributed by atoms with Crippen molar-refractivity contribution in [1.82, 2.24) is 9.55 Å². The van der Waals surface area contributed by atoms with E-state index >= 15 is 0 Å². The second kappa shape index (κ2) is 12.1. The lowest BCUT2D eigenvalue weighted by molar-refractivity contribution is 0.622. The predicted molar refractivity (Wildman–Crippen MR) is 221 cm³/mol. The normalized spacial score (nSPS) is 11.7. The molecular weight excluding hydrogens is 663 g/mol. The molecule has 0 amide bonds. The highest BCUT2D eigenvalue weighted by molar-refractivity contribution is 6.17. The van der Waals surface area contributed by atoms with Crippen LogP contribution in [0, 0.1) is 0 Å². The highest BCUT2D eigenvalue weighted by Crippen LogP contribution is 2.43. The summed E-state index contributed by atoms with van der Waals surface area (Å²) in [7, 11) is 0. The van der Waals surface area contributed by atoms with Crippen molar-refractivity contribution in [3.05, 3.63) is 188 Å². The summed E-state index contributed by atoms with van der Waals surface area (Å²) >= 11 is 0. The van der Waals surface area contributed by atoms with Crippen molar-refractivity contribution < 1.29 is 8.83 Å². The Morgan fingerprint density at radius 3 is 1.80 bits per heavy atom. The van der Waals surface area contributed by atoms with E-state index in [2.05, 4.69) is 155 Å². The summed E-state index contributed by atoms with van der Waals surface area (Å²) in [6, 6.07) is 65.7. The van der Waals surface area contributed by atoms with E-state index in [9.17, 15) is 0 Å². The van der Waals surface area contributed by atoms with Crippen LogP contribution in [0.3, 0.4) is 0 Å². The molecule has 0 radical (unpaired) electrons. The first-order chi connectivity index (χ1) is 26.8. The first-order valence-electron chi connectivity index (χ1n) is 18.1. The lowest BCUT2D eigenvalue weighted by atomic mass is 10.0. The van der Waals surface area contributed by atoms with Gasteiger partial charge in [0.25, 0.3) is 0 Å². The van der Waals surface area contributed by atoms with Gasteiger partial charge in [-0.3, -0.25) is 0 Å². The molecule has 0 aliphatic carbocycles. The highest BCUT2D eigenvalue weighted by atomic mass is 16.4. The van der Waals surface area contributed by atoms with Gasteiger partial charge in [-0.2, -0.15) is 0 Å². The van der Waals surface area contributed by atoms with Crippen molar-refractivity contribution in [2.45, 2.75) is 0 Å².